The van der Waals surface area contributed by atoms with Crippen molar-refractivity contribution in [3.8, 4) is 0 Å². The molecule has 0 saturated heterocycles. The molecule has 0 fully saturated rings. The quantitative estimate of drug-likeness (QED) is 0.188. The Bertz CT molecular complexity index is 683. The number of unbranched alkanes of at least 4 members (excludes halogenated alkanes) is 5. The van der Waals surface area contributed by atoms with Crippen LogP contribution in [-0.4, -0.2) is 19.8 Å². The first kappa shape index (κ1) is 26.4. The second-order valence-electron chi connectivity index (χ2n) is 8.59. The highest BCUT2D eigenvalue weighted by atomic mass is 16.7. The minimum Gasteiger partial charge on any atom is -0.385 e. The average molecular weight is 440 g/mol. The summed E-state index contributed by atoms with van der Waals surface area (Å²) in [6, 6.07) is 21.1. The zero-order valence-electron chi connectivity index (χ0n) is 20.7. The summed E-state index contributed by atoms with van der Waals surface area (Å²) in [5.74, 6) is -0.338. The molecule has 3 heteroatoms. The van der Waals surface area contributed by atoms with Crippen LogP contribution in [0.25, 0.3) is 0 Å². The first-order chi connectivity index (χ1) is 15.8. The van der Waals surface area contributed by atoms with E-state index in [0.717, 1.165) is 31.4 Å². The molecule has 0 aliphatic rings. The van der Waals surface area contributed by atoms with E-state index in [2.05, 4.69) is 86.8 Å². The van der Waals surface area contributed by atoms with E-state index in [0.29, 0.717) is 19.1 Å². The molecule has 0 aliphatic heterocycles. The molecule has 178 valence electrons. The van der Waals surface area contributed by atoms with Gasteiger partial charge in [-0.2, -0.15) is 0 Å². The molecule has 0 spiro atoms. The molecule has 1 unspecified atom stereocenters. The van der Waals surface area contributed by atoms with Crippen LogP contribution >= 0.6 is 0 Å². The third-order valence-corrected chi connectivity index (χ3v) is 6.17. The molecule has 0 aliphatic carbocycles. The molecule has 0 heterocycles. The summed E-state index contributed by atoms with van der Waals surface area (Å²) in [6.45, 7) is 8.68. The molecule has 0 aromatic heterocycles. The van der Waals surface area contributed by atoms with E-state index in [1.54, 1.807) is 0 Å². The lowest BCUT2D eigenvalue weighted by Crippen LogP contribution is -2.41. The summed E-state index contributed by atoms with van der Waals surface area (Å²) in [6.07, 6.45) is 11.1. The van der Waals surface area contributed by atoms with Gasteiger partial charge in [-0.15, -0.1) is 0 Å². The topological polar surface area (TPSA) is 30.5 Å². The Labute approximate surface area is 196 Å². The fraction of sp³-hybridized carbons (Fsp3) is 0.586. The first-order valence-electron chi connectivity index (χ1n) is 12.9. The third-order valence-electron chi connectivity index (χ3n) is 6.17. The molecule has 2 rings (SSSR count). The second-order valence-corrected chi connectivity index (χ2v) is 8.59. The normalized spacial score (nSPS) is 12.6. The maximum absolute atomic E-state index is 6.49. The fourth-order valence-electron chi connectivity index (χ4n) is 4.61. The molecule has 0 bridgehead atoms. The molecule has 0 radical (unpaired) electrons. The zero-order valence-corrected chi connectivity index (χ0v) is 20.7. The van der Waals surface area contributed by atoms with Gasteiger partial charge in [0.2, 0.25) is 0 Å². The summed E-state index contributed by atoms with van der Waals surface area (Å²) in [7, 11) is 0. The zero-order chi connectivity index (χ0) is 22.9. The maximum Gasteiger partial charge on any atom is 0.197 e. The van der Waals surface area contributed by atoms with Crippen molar-refractivity contribution < 1.29 is 9.47 Å². The average Bonchev–Trinajstić information content (AvgIpc) is 2.83. The maximum atomic E-state index is 6.49. The predicted molar refractivity (Wildman–Crippen MR) is 137 cm³/mol. The molecule has 0 saturated carbocycles. The van der Waals surface area contributed by atoms with Crippen molar-refractivity contribution >= 4 is 5.69 Å². The molecule has 32 heavy (non-hydrogen) atoms. The van der Waals surface area contributed by atoms with Gasteiger partial charge in [0.05, 0.1) is 0 Å². The Hall–Kier alpha value is -1.84. The molecular formula is C29H45NO2. The first-order valence-corrected chi connectivity index (χ1v) is 12.9. The van der Waals surface area contributed by atoms with Crippen LogP contribution in [0.5, 0.6) is 0 Å². The van der Waals surface area contributed by atoms with Crippen molar-refractivity contribution in [3.05, 3.63) is 66.2 Å². The largest absolute Gasteiger partial charge is 0.385 e. The third kappa shape index (κ3) is 8.60. The summed E-state index contributed by atoms with van der Waals surface area (Å²) in [4.78, 5) is 0. The minimum absolute atomic E-state index is 0.327. The molecule has 2 aromatic rings. The van der Waals surface area contributed by atoms with E-state index in [-0.39, 0.29) is 0 Å². The van der Waals surface area contributed by atoms with E-state index in [1.807, 2.05) is 0 Å². The number of para-hydroxylation sites is 1. The van der Waals surface area contributed by atoms with Crippen LogP contribution in [0.1, 0.15) is 84.1 Å². The number of benzene rings is 2. The Morgan fingerprint density at radius 2 is 1.25 bits per heavy atom. The fourth-order valence-corrected chi connectivity index (χ4v) is 4.61. The van der Waals surface area contributed by atoms with Crippen molar-refractivity contribution in [2.75, 3.05) is 25.1 Å². The predicted octanol–water partition coefficient (Wildman–Crippen LogP) is 8.17. The van der Waals surface area contributed by atoms with Gasteiger partial charge >= 0.3 is 0 Å². The Morgan fingerprint density at radius 3 is 1.88 bits per heavy atom. The van der Waals surface area contributed by atoms with Gasteiger partial charge in [-0.05, 0) is 45.2 Å². The monoisotopic (exact) mass is 439 g/mol. The van der Waals surface area contributed by atoms with Crippen LogP contribution in [0.15, 0.2) is 60.7 Å². The second kappa shape index (κ2) is 15.9. The summed E-state index contributed by atoms with van der Waals surface area (Å²) in [5.41, 5.74) is 2.33. The standard InChI is InChI=1S/C29H45NO2/c1-4-7-8-9-10-13-19-27(22-18-25-30-28-23-16-12-17-24-28)29(31-5-2,32-6-3)26-20-14-11-15-21-26/h11-12,14-17,20-21,23-24,27,30H,4-10,13,18-19,22,25H2,1-3H3. The molecule has 1 N–H and O–H groups in total. The number of nitrogens with one attached hydrogen (secondary N) is 1. The van der Waals surface area contributed by atoms with Gasteiger partial charge in [-0.25, -0.2) is 0 Å². The van der Waals surface area contributed by atoms with E-state index in [9.17, 15) is 0 Å². The molecular weight excluding hydrogens is 394 g/mol. The summed E-state index contributed by atoms with van der Waals surface area (Å²) >= 11 is 0. The van der Waals surface area contributed by atoms with Crippen LogP contribution in [0.2, 0.25) is 0 Å². The Kier molecular flexibility index (Phi) is 13.1. The molecule has 2 aromatic carbocycles. The van der Waals surface area contributed by atoms with Crippen LogP contribution in [0.3, 0.4) is 0 Å². The van der Waals surface area contributed by atoms with E-state index in [4.69, 9.17) is 9.47 Å². The number of hydrogen-bond donors (Lipinski definition) is 1. The van der Waals surface area contributed by atoms with Gasteiger partial charge < -0.3 is 14.8 Å². The van der Waals surface area contributed by atoms with Crippen LogP contribution < -0.4 is 5.32 Å². The Morgan fingerprint density at radius 1 is 0.688 bits per heavy atom. The number of hydrogen-bond acceptors (Lipinski definition) is 3. The molecule has 0 amide bonds. The van der Waals surface area contributed by atoms with Gasteiger partial charge in [0.1, 0.15) is 0 Å². The number of rotatable bonds is 18. The van der Waals surface area contributed by atoms with Crippen LogP contribution in [0.4, 0.5) is 5.69 Å². The van der Waals surface area contributed by atoms with Crippen molar-refractivity contribution in [1.82, 2.24) is 0 Å². The highest BCUT2D eigenvalue weighted by molar-refractivity contribution is 5.42. The minimum atomic E-state index is -0.666. The van der Waals surface area contributed by atoms with Crippen molar-refractivity contribution in [2.24, 2.45) is 5.92 Å². The summed E-state index contributed by atoms with van der Waals surface area (Å²) in [5, 5.41) is 3.56. The lowest BCUT2D eigenvalue weighted by atomic mass is 9.83. The molecule has 3 nitrogen and oxygen atoms in total. The van der Waals surface area contributed by atoms with Crippen LogP contribution in [-0.2, 0) is 15.3 Å². The summed E-state index contributed by atoms with van der Waals surface area (Å²) < 4.78 is 13.0. The lowest BCUT2D eigenvalue weighted by Gasteiger charge is -2.41. The van der Waals surface area contributed by atoms with E-state index >= 15 is 0 Å². The van der Waals surface area contributed by atoms with Crippen LogP contribution in [0, 0.1) is 5.92 Å². The van der Waals surface area contributed by atoms with Gasteiger partial charge in [0.25, 0.3) is 0 Å². The van der Waals surface area contributed by atoms with E-state index < -0.39 is 5.79 Å². The molecule has 1 atom stereocenters. The number of anilines is 1. The highest BCUT2D eigenvalue weighted by Gasteiger charge is 2.41. The van der Waals surface area contributed by atoms with Crippen molar-refractivity contribution in [1.29, 1.82) is 0 Å². The van der Waals surface area contributed by atoms with Gasteiger partial charge in [-0.3, -0.25) is 0 Å². The number of ether oxygens (including phenoxy) is 2. The van der Waals surface area contributed by atoms with Gasteiger partial charge in [0, 0.05) is 36.9 Å². The smallest absolute Gasteiger partial charge is 0.197 e. The van der Waals surface area contributed by atoms with E-state index in [1.165, 1.54) is 44.2 Å². The lowest BCUT2D eigenvalue weighted by molar-refractivity contribution is -0.277. The Balaban J connectivity index is 2.10. The van der Waals surface area contributed by atoms with Crippen molar-refractivity contribution in [3.63, 3.8) is 0 Å². The highest BCUT2D eigenvalue weighted by Crippen LogP contribution is 2.41. The van der Waals surface area contributed by atoms with Crippen molar-refractivity contribution in [2.45, 2.75) is 84.3 Å². The SMILES string of the molecule is CCCCCCCCC(CCCNc1ccccc1)C(OCC)(OCC)c1ccccc1. The van der Waals surface area contributed by atoms with Gasteiger partial charge in [0.15, 0.2) is 5.79 Å². The van der Waals surface area contributed by atoms with Gasteiger partial charge in [-0.1, -0.05) is 94.0 Å².